The van der Waals surface area contributed by atoms with E-state index < -0.39 is 0 Å². The highest BCUT2D eigenvalue weighted by Gasteiger charge is 2.36. The van der Waals surface area contributed by atoms with Gasteiger partial charge in [0.25, 0.3) is 0 Å². The van der Waals surface area contributed by atoms with Crippen LogP contribution in [-0.2, 0) is 4.74 Å². The molecule has 0 aromatic rings. The van der Waals surface area contributed by atoms with Crippen molar-refractivity contribution in [2.45, 2.75) is 58.7 Å². The second kappa shape index (κ2) is 4.05. The van der Waals surface area contributed by atoms with Gasteiger partial charge in [0.15, 0.2) is 0 Å². The van der Waals surface area contributed by atoms with Crippen molar-refractivity contribution in [2.75, 3.05) is 4.43 Å². The lowest BCUT2D eigenvalue weighted by atomic mass is 9.88. The van der Waals surface area contributed by atoms with E-state index in [1.54, 1.807) is 0 Å². The Bertz CT molecular complexity index is 173. The molecule has 0 aliphatic carbocycles. The van der Waals surface area contributed by atoms with Crippen molar-refractivity contribution in [3.63, 3.8) is 0 Å². The van der Waals surface area contributed by atoms with Gasteiger partial charge in [-0.3, -0.25) is 0 Å². The molecule has 0 saturated carbocycles. The van der Waals surface area contributed by atoms with Crippen molar-refractivity contribution in [3.05, 3.63) is 0 Å². The predicted octanol–water partition coefficient (Wildman–Crippen LogP) is 3.80. The van der Waals surface area contributed by atoms with Crippen molar-refractivity contribution in [1.82, 2.24) is 0 Å². The quantitative estimate of drug-likeness (QED) is 0.556. The molecule has 1 nitrogen and oxygen atoms in total. The van der Waals surface area contributed by atoms with Crippen molar-refractivity contribution >= 4 is 22.6 Å². The van der Waals surface area contributed by atoms with Crippen molar-refractivity contribution in [3.8, 4) is 0 Å². The van der Waals surface area contributed by atoms with Crippen LogP contribution in [0.25, 0.3) is 0 Å². The molecular formula is C11H21IO. The summed E-state index contributed by atoms with van der Waals surface area (Å²) < 4.78 is 7.18. The summed E-state index contributed by atoms with van der Waals surface area (Å²) in [7, 11) is 0. The van der Waals surface area contributed by atoms with E-state index in [2.05, 4.69) is 50.3 Å². The number of hydrogen-bond donors (Lipinski definition) is 0. The van der Waals surface area contributed by atoms with E-state index in [-0.39, 0.29) is 5.60 Å². The zero-order valence-corrected chi connectivity index (χ0v) is 11.3. The highest BCUT2D eigenvalue weighted by Crippen LogP contribution is 2.36. The maximum atomic E-state index is 6.07. The van der Waals surface area contributed by atoms with E-state index in [1.807, 2.05) is 0 Å². The van der Waals surface area contributed by atoms with Crippen LogP contribution >= 0.6 is 22.6 Å². The highest BCUT2D eigenvalue weighted by molar-refractivity contribution is 14.1. The van der Waals surface area contributed by atoms with Gasteiger partial charge in [0.2, 0.25) is 0 Å². The van der Waals surface area contributed by atoms with Crippen LogP contribution in [0.5, 0.6) is 0 Å². The fourth-order valence-corrected chi connectivity index (χ4v) is 2.47. The summed E-state index contributed by atoms with van der Waals surface area (Å²) in [5.41, 5.74) is 0.567. The third-order valence-electron chi connectivity index (χ3n) is 2.57. The summed E-state index contributed by atoms with van der Waals surface area (Å²) in [4.78, 5) is 0. The Hall–Kier alpha value is 0.690. The smallest absolute Gasteiger partial charge is 0.0748 e. The van der Waals surface area contributed by atoms with Gasteiger partial charge in [0.05, 0.1) is 11.7 Å². The Labute approximate surface area is 95.8 Å². The van der Waals surface area contributed by atoms with E-state index in [0.29, 0.717) is 11.5 Å². The Morgan fingerprint density at radius 3 is 2.46 bits per heavy atom. The first-order valence-electron chi connectivity index (χ1n) is 5.08. The van der Waals surface area contributed by atoms with E-state index in [1.165, 1.54) is 19.3 Å². The molecule has 0 spiro atoms. The molecule has 0 amide bonds. The van der Waals surface area contributed by atoms with Crippen LogP contribution in [0.15, 0.2) is 0 Å². The molecule has 0 radical (unpaired) electrons. The molecule has 2 atom stereocenters. The molecule has 0 N–H and O–H groups in total. The topological polar surface area (TPSA) is 9.23 Å². The van der Waals surface area contributed by atoms with Crippen molar-refractivity contribution in [2.24, 2.45) is 5.41 Å². The van der Waals surface area contributed by atoms with Gasteiger partial charge in [-0.25, -0.2) is 0 Å². The van der Waals surface area contributed by atoms with Gasteiger partial charge >= 0.3 is 0 Å². The average molecular weight is 296 g/mol. The molecule has 78 valence electrons. The second-order valence-corrected chi connectivity index (χ2v) is 6.39. The zero-order chi connectivity index (χ0) is 10.1. The molecule has 1 aliphatic rings. The predicted molar refractivity (Wildman–Crippen MR) is 65.5 cm³/mol. The molecule has 1 aliphatic heterocycles. The molecule has 1 heterocycles. The molecule has 1 saturated heterocycles. The van der Waals surface area contributed by atoms with Gasteiger partial charge in [-0.1, -0.05) is 43.4 Å². The molecule has 0 aromatic carbocycles. The molecule has 2 unspecified atom stereocenters. The lowest BCUT2D eigenvalue weighted by molar-refractivity contribution is -0.0253. The summed E-state index contributed by atoms with van der Waals surface area (Å²) in [6.07, 6.45) is 4.17. The van der Waals surface area contributed by atoms with Crippen LogP contribution < -0.4 is 0 Å². The first-order chi connectivity index (χ1) is 5.85. The lowest BCUT2D eigenvalue weighted by Gasteiger charge is -2.26. The molecule has 2 heteroatoms. The van der Waals surface area contributed by atoms with Crippen molar-refractivity contribution < 1.29 is 4.74 Å². The summed E-state index contributed by atoms with van der Waals surface area (Å²) in [5.74, 6) is 0. The third-order valence-corrected chi connectivity index (χ3v) is 4.18. The monoisotopic (exact) mass is 296 g/mol. The SMILES string of the molecule is CC(C)(C)CC1CCC(C)(CI)O1. The maximum absolute atomic E-state index is 6.07. The van der Waals surface area contributed by atoms with E-state index in [9.17, 15) is 0 Å². The van der Waals surface area contributed by atoms with Crippen LogP contribution in [0.2, 0.25) is 0 Å². The Morgan fingerprint density at radius 1 is 1.46 bits per heavy atom. The number of ether oxygens (including phenoxy) is 1. The molecule has 1 rings (SSSR count). The zero-order valence-electron chi connectivity index (χ0n) is 9.19. The molecule has 0 aromatic heterocycles. The van der Waals surface area contributed by atoms with Crippen LogP contribution in [-0.4, -0.2) is 16.1 Å². The number of alkyl halides is 1. The van der Waals surface area contributed by atoms with Gasteiger partial charge in [-0.15, -0.1) is 0 Å². The van der Waals surface area contributed by atoms with E-state index in [0.717, 1.165) is 4.43 Å². The van der Waals surface area contributed by atoms with E-state index in [4.69, 9.17) is 4.74 Å². The normalized spacial score (nSPS) is 35.3. The van der Waals surface area contributed by atoms with Gasteiger partial charge in [-0.2, -0.15) is 0 Å². The summed E-state index contributed by atoms with van der Waals surface area (Å²) in [5, 5.41) is 0. The second-order valence-electron chi connectivity index (χ2n) is 5.63. The number of halogens is 1. The fraction of sp³-hybridized carbons (Fsp3) is 1.00. The summed E-state index contributed by atoms with van der Waals surface area (Å²) >= 11 is 2.43. The van der Waals surface area contributed by atoms with Gasteiger partial charge < -0.3 is 4.74 Å². The molecule has 1 fully saturated rings. The van der Waals surface area contributed by atoms with Crippen LogP contribution in [0.1, 0.15) is 47.0 Å². The Morgan fingerprint density at radius 2 is 2.08 bits per heavy atom. The fourth-order valence-electron chi connectivity index (χ4n) is 1.91. The standard InChI is InChI=1S/C11H21IO/c1-10(2,3)7-9-5-6-11(4,8-12)13-9/h9H,5-8H2,1-4H3. The largest absolute Gasteiger partial charge is 0.371 e. The Kier molecular flexibility index (Phi) is 3.67. The first kappa shape index (κ1) is 11.8. The van der Waals surface area contributed by atoms with E-state index >= 15 is 0 Å². The Balaban J connectivity index is 2.42. The lowest BCUT2D eigenvalue weighted by Crippen LogP contribution is -2.28. The minimum absolute atomic E-state index is 0.163. The number of hydrogen-bond acceptors (Lipinski definition) is 1. The minimum atomic E-state index is 0.163. The van der Waals surface area contributed by atoms with Gasteiger partial charge in [0.1, 0.15) is 0 Å². The maximum Gasteiger partial charge on any atom is 0.0748 e. The molecule has 0 bridgehead atoms. The average Bonchev–Trinajstić information content (AvgIpc) is 2.30. The van der Waals surface area contributed by atoms with Crippen molar-refractivity contribution in [1.29, 1.82) is 0 Å². The number of rotatable bonds is 2. The minimum Gasteiger partial charge on any atom is -0.371 e. The molecule has 13 heavy (non-hydrogen) atoms. The van der Waals surface area contributed by atoms with Gasteiger partial charge in [0, 0.05) is 4.43 Å². The summed E-state index contributed by atoms with van der Waals surface area (Å²) in [6, 6.07) is 0. The summed E-state index contributed by atoms with van der Waals surface area (Å²) in [6.45, 7) is 9.10. The highest BCUT2D eigenvalue weighted by atomic mass is 127. The van der Waals surface area contributed by atoms with Crippen LogP contribution in [0, 0.1) is 5.41 Å². The van der Waals surface area contributed by atoms with Gasteiger partial charge in [-0.05, 0) is 31.6 Å². The third kappa shape index (κ3) is 3.74. The van der Waals surface area contributed by atoms with Crippen LogP contribution in [0.3, 0.4) is 0 Å². The first-order valence-corrected chi connectivity index (χ1v) is 6.61. The van der Waals surface area contributed by atoms with Crippen LogP contribution in [0.4, 0.5) is 0 Å². The molecular weight excluding hydrogens is 275 g/mol.